The van der Waals surface area contributed by atoms with E-state index in [9.17, 15) is 4.79 Å². The van der Waals surface area contributed by atoms with Crippen molar-refractivity contribution >= 4 is 32.7 Å². The van der Waals surface area contributed by atoms with Crippen molar-refractivity contribution in [2.24, 2.45) is 23.2 Å². The summed E-state index contributed by atoms with van der Waals surface area (Å²) in [5.41, 5.74) is 3.29. The van der Waals surface area contributed by atoms with Gasteiger partial charge in [0.2, 0.25) is 0 Å². The van der Waals surface area contributed by atoms with Crippen molar-refractivity contribution in [2.75, 3.05) is 13.7 Å². The molecule has 0 spiro atoms. The average Bonchev–Trinajstić information content (AvgIpc) is 2.99. The molecule has 5 aliphatic carbocycles. The summed E-state index contributed by atoms with van der Waals surface area (Å²) in [6, 6.07) is 12.6. The molecule has 1 atom stereocenters. The summed E-state index contributed by atoms with van der Waals surface area (Å²) in [5.74, 6) is 2.43. The van der Waals surface area contributed by atoms with Crippen molar-refractivity contribution in [3.63, 3.8) is 0 Å². The highest BCUT2D eigenvalue weighted by atomic mass is 79.9. The number of ether oxygens (including phenoxy) is 2. The second kappa shape index (κ2) is 13.0. The van der Waals surface area contributed by atoms with E-state index in [0.717, 1.165) is 48.0 Å². The summed E-state index contributed by atoms with van der Waals surface area (Å²) in [5, 5.41) is 2.19. The van der Waals surface area contributed by atoms with Crippen molar-refractivity contribution in [3.05, 3.63) is 69.7 Å². The van der Waals surface area contributed by atoms with Gasteiger partial charge in [0.05, 0.1) is 12.7 Å². The van der Waals surface area contributed by atoms with Crippen LogP contribution in [0, 0.1) is 23.2 Å². The molecule has 7 rings (SSSR count). The minimum absolute atomic E-state index is 0.295. The SMILES string of the molecule is CCCCCCCCCCOC1(c2ccc3cc(C(=O)OC)ccc3c2)C=CC(Br)=C(C23CC4CC(CC(C4)C2)C3)C1. The van der Waals surface area contributed by atoms with E-state index in [2.05, 4.69) is 59.3 Å². The Hall–Kier alpha value is -1.91. The zero-order valence-electron chi connectivity index (χ0n) is 25.8. The highest BCUT2D eigenvalue weighted by Gasteiger charge is 2.54. The van der Waals surface area contributed by atoms with Crippen LogP contribution in [0.5, 0.6) is 0 Å². The lowest BCUT2D eigenvalue weighted by molar-refractivity contribution is -0.0514. The van der Waals surface area contributed by atoms with Crippen LogP contribution >= 0.6 is 15.9 Å². The molecular formula is C38H49BrO3. The first-order valence-electron chi connectivity index (χ1n) is 16.8. The molecule has 5 aliphatic rings. The molecule has 0 N–H and O–H groups in total. The number of esters is 1. The minimum atomic E-state index is -0.466. The number of unbranched alkanes of at least 4 members (excludes halogenated alkanes) is 7. The smallest absolute Gasteiger partial charge is 0.337 e. The predicted octanol–water partition coefficient (Wildman–Crippen LogP) is 10.8. The molecule has 0 radical (unpaired) electrons. The van der Waals surface area contributed by atoms with Gasteiger partial charge in [-0.15, -0.1) is 0 Å². The zero-order valence-corrected chi connectivity index (χ0v) is 27.4. The summed E-state index contributed by atoms with van der Waals surface area (Å²) in [6.07, 6.45) is 24.4. The third kappa shape index (κ3) is 6.18. The van der Waals surface area contributed by atoms with E-state index < -0.39 is 5.60 Å². The van der Waals surface area contributed by atoms with Gasteiger partial charge in [0, 0.05) is 17.5 Å². The van der Waals surface area contributed by atoms with E-state index in [0.29, 0.717) is 11.0 Å². The summed E-state index contributed by atoms with van der Waals surface area (Å²) in [7, 11) is 1.44. The highest BCUT2D eigenvalue weighted by molar-refractivity contribution is 9.11. The Morgan fingerprint density at radius 2 is 1.48 bits per heavy atom. The minimum Gasteiger partial charge on any atom is -0.465 e. The topological polar surface area (TPSA) is 35.5 Å². The first-order chi connectivity index (χ1) is 20.4. The number of benzene rings is 2. The van der Waals surface area contributed by atoms with E-state index in [1.807, 2.05) is 12.1 Å². The van der Waals surface area contributed by atoms with Gasteiger partial charge >= 0.3 is 5.97 Å². The molecule has 4 bridgehead atoms. The van der Waals surface area contributed by atoms with Crippen molar-refractivity contribution in [3.8, 4) is 0 Å². The lowest BCUT2D eigenvalue weighted by Gasteiger charge is -2.59. The number of carbonyl (C=O) groups excluding carboxylic acids is 1. The maximum atomic E-state index is 12.2. The van der Waals surface area contributed by atoms with Gasteiger partial charge in [-0.05, 0) is 120 Å². The molecular weight excluding hydrogens is 584 g/mol. The lowest BCUT2D eigenvalue weighted by Crippen LogP contribution is -2.48. The van der Waals surface area contributed by atoms with Gasteiger partial charge in [-0.1, -0.05) is 86.0 Å². The molecule has 0 aromatic heterocycles. The van der Waals surface area contributed by atoms with Gasteiger partial charge in [-0.3, -0.25) is 0 Å². The van der Waals surface area contributed by atoms with Crippen LogP contribution in [-0.4, -0.2) is 19.7 Å². The Labute approximate surface area is 261 Å². The van der Waals surface area contributed by atoms with Gasteiger partial charge in [-0.25, -0.2) is 4.79 Å². The van der Waals surface area contributed by atoms with Crippen LogP contribution in [0.25, 0.3) is 10.8 Å². The maximum absolute atomic E-state index is 12.2. The normalized spacial score (nSPS) is 29.9. The number of allylic oxidation sites excluding steroid dienone is 2. The standard InChI is InChI=1S/C38H49BrO3/c1-3-4-5-6-7-8-9-10-17-42-38(33-14-13-30-21-32(36(40)41-2)12-11-31(30)22-33)16-15-35(39)34(26-38)37-23-27-18-28(24-37)20-29(19-27)25-37/h11-16,21-22,27-29H,3-10,17-20,23-26H2,1-2H3. The molecule has 0 saturated heterocycles. The number of hydrogen-bond donors (Lipinski definition) is 0. The van der Waals surface area contributed by atoms with Crippen molar-refractivity contribution < 1.29 is 14.3 Å². The zero-order chi connectivity index (χ0) is 29.2. The molecule has 4 fully saturated rings. The molecule has 226 valence electrons. The third-order valence-electron chi connectivity index (χ3n) is 11.0. The molecule has 3 nitrogen and oxygen atoms in total. The van der Waals surface area contributed by atoms with Gasteiger partial charge in [0.1, 0.15) is 5.60 Å². The third-order valence-corrected chi connectivity index (χ3v) is 11.8. The number of rotatable bonds is 13. The molecule has 2 aromatic carbocycles. The monoisotopic (exact) mass is 632 g/mol. The lowest BCUT2D eigenvalue weighted by atomic mass is 9.47. The molecule has 2 aromatic rings. The fourth-order valence-electron chi connectivity index (χ4n) is 9.26. The van der Waals surface area contributed by atoms with Crippen LogP contribution < -0.4 is 0 Å². The number of carbonyl (C=O) groups is 1. The average molecular weight is 634 g/mol. The molecule has 4 heteroatoms. The van der Waals surface area contributed by atoms with E-state index in [-0.39, 0.29) is 5.97 Å². The van der Waals surface area contributed by atoms with Crippen molar-refractivity contribution in [1.82, 2.24) is 0 Å². The van der Waals surface area contributed by atoms with E-state index in [1.165, 1.54) is 101 Å². The molecule has 0 heterocycles. The molecule has 1 unspecified atom stereocenters. The molecule has 0 aliphatic heterocycles. The van der Waals surface area contributed by atoms with E-state index in [1.54, 1.807) is 5.57 Å². The predicted molar refractivity (Wildman–Crippen MR) is 176 cm³/mol. The summed E-state index contributed by atoms with van der Waals surface area (Å²) in [4.78, 5) is 12.2. The fourth-order valence-corrected chi connectivity index (χ4v) is 9.95. The maximum Gasteiger partial charge on any atom is 0.337 e. The summed E-state index contributed by atoms with van der Waals surface area (Å²) >= 11 is 4.06. The molecule has 0 amide bonds. The Kier molecular flexibility index (Phi) is 9.31. The van der Waals surface area contributed by atoms with Gasteiger partial charge in [-0.2, -0.15) is 0 Å². The van der Waals surface area contributed by atoms with Crippen molar-refractivity contribution in [1.29, 1.82) is 0 Å². The van der Waals surface area contributed by atoms with E-state index in [4.69, 9.17) is 9.47 Å². The summed E-state index contributed by atoms with van der Waals surface area (Å²) < 4.78 is 13.3. The highest BCUT2D eigenvalue weighted by Crippen LogP contribution is 2.65. The Morgan fingerprint density at radius 1 is 0.857 bits per heavy atom. The Morgan fingerprint density at radius 3 is 2.14 bits per heavy atom. The number of methoxy groups -OCH3 is 1. The van der Waals surface area contributed by atoms with Crippen molar-refractivity contribution in [2.45, 2.75) is 109 Å². The van der Waals surface area contributed by atoms with Crippen LogP contribution in [0.1, 0.15) is 119 Å². The molecule has 42 heavy (non-hydrogen) atoms. The number of fused-ring (bicyclic) bond motifs is 1. The number of halogens is 1. The van der Waals surface area contributed by atoms with Crippen LogP contribution in [-0.2, 0) is 15.1 Å². The van der Waals surface area contributed by atoms with Crippen LogP contribution in [0.4, 0.5) is 0 Å². The second-order valence-corrected chi connectivity index (χ2v) is 14.9. The van der Waals surface area contributed by atoms with Gasteiger partial charge in [0.15, 0.2) is 0 Å². The quantitative estimate of drug-likeness (QED) is 0.163. The largest absolute Gasteiger partial charge is 0.465 e. The second-order valence-electron chi connectivity index (χ2n) is 14.0. The van der Waals surface area contributed by atoms with Crippen LogP contribution in [0.2, 0.25) is 0 Å². The van der Waals surface area contributed by atoms with Crippen LogP contribution in [0.3, 0.4) is 0 Å². The molecule has 4 saturated carbocycles. The number of hydrogen-bond acceptors (Lipinski definition) is 3. The van der Waals surface area contributed by atoms with Gasteiger partial charge < -0.3 is 9.47 Å². The Bertz CT molecular complexity index is 1300. The first-order valence-corrected chi connectivity index (χ1v) is 17.6. The first kappa shape index (κ1) is 30.1. The van der Waals surface area contributed by atoms with Gasteiger partial charge in [0.25, 0.3) is 0 Å². The van der Waals surface area contributed by atoms with E-state index >= 15 is 0 Å². The van der Waals surface area contributed by atoms with Crippen LogP contribution in [0.15, 0.2) is 58.6 Å². The Balaban J connectivity index is 1.25. The summed E-state index contributed by atoms with van der Waals surface area (Å²) in [6.45, 7) is 3.06. The fraction of sp³-hybridized carbons (Fsp3) is 0.605.